The Balaban J connectivity index is 2.36. The van der Waals surface area contributed by atoms with Crippen LogP contribution in [0.1, 0.15) is 56.2 Å². The molecule has 16 heavy (non-hydrogen) atoms. The molecular weight excluding hydrogens is 194 g/mol. The number of aryl methyl sites for hydroxylation is 1. The molecule has 0 bridgehead atoms. The largest absolute Gasteiger partial charge is 0.310 e. The van der Waals surface area contributed by atoms with Crippen molar-refractivity contribution in [2.75, 3.05) is 6.54 Å². The van der Waals surface area contributed by atoms with E-state index in [4.69, 9.17) is 0 Å². The quantitative estimate of drug-likeness (QED) is 0.798. The predicted octanol–water partition coefficient (Wildman–Crippen LogP) is 3.58. The first-order valence-electron chi connectivity index (χ1n) is 6.27. The van der Waals surface area contributed by atoms with Gasteiger partial charge >= 0.3 is 0 Å². The molecule has 1 saturated heterocycles. The number of hydrogen-bond donors (Lipinski definition) is 1. The standard InChI is InChI=1S/C15H23N/c1-10(2)12-7-6-11(3)13(8-12)14-9-16-15(14,4)5/h6-8,10,14,16H,9H2,1-5H3. The molecule has 0 saturated carbocycles. The third kappa shape index (κ3) is 1.89. The molecule has 1 atom stereocenters. The fraction of sp³-hybridized carbons (Fsp3) is 0.600. The molecule has 0 radical (unpaired) electrons. The minimum atomic E-state index is 0.264. The van der Waals surface area contributed by atoms with Gasteiger partial charge < -0.3 is 5.32 Å². The van der Waals surface area contributed by atoms with Crippen molar-refractivity contribution in [3.05, 3.63) is 34.9 Å². The van der Waals surface area contributed by atoms with Crippen LogP contribution in [0.4, 0.5) is 0 Å². The summed E-state index contributed by atoms with van der Waals surface area (Å²) in [5, 5.41) is 3.51. The molecule has 1 heterocycles. The Morgan fingerprint density at radius 2 is 2.00 bits per heavy atom. The van der Waals surface area contributed by atoms with E-state index in [1.165, 1.54) is 16.7 Å². The van der Waals surface area contributed by atoms with Crippen molar-refractivity contribution in [1.29, 1.82) is 0 Å². The maximum Gasteiger partial charge on any atom is 0.0206 e. The van der Waals surface area contributed by atoms with E-state index in [1.807, 2.05) is 0 Å². The van der Waals surface area contributed by atoms with Gasteiger partial charge in [0, 0.05) is 18.0 Å². The first-order valence-corrected chi connectivity index (χ1v) is 6.27. The van der Waals surface area contributed by atoms with Crippen LogP contribution in [0, 0.1) is 6.92 Å². The summed E-state index contributed by atoms with van der Waals surface area (Å²) in [5.74, 6) is 1.29. The van der Waals surface area contributed by atoms with E-state index < -0.39 is 0 Å². The number of hydrogen-bond acceptors (Lipinski definition) is 1. The summed E-state index contributed by atoms with van der Waals surface area (Å²) >= 11 is 0. The highest BCUT2D eigenvalue weighted by Gasteiger charge is 2.39. The second kappa shape index (κ2) is 3.89. The smallest absolute Gasteiger partial charge is 0.0206 e. The second-order valence-corrected chi connectivity index (χ2v) is 5.93. The number of nitrogens with one attached hydrogen (secondary N) is 1. The Bertz CT molecular complexity index is 390. The molecule has 2 rings (SSSR count). The predicted molar refractivity (Wildman–Crippen MR) is 70.1 cm³/mol. The summed E-state index contributed by atoms with van der Waals surface area (Å²) in [6, 6.07) is 6.95. The molecule has 88 valence electrons. The second-order valence-electron chi connectivity index (χ2n) is 5.93. The summed E-state index contributed by atoms with van der Waals surface area (Å²) < 4.78 is 0. The lowest BCUT2D eigenvalue weighted by molar-refractivity contribution is 0.207. The van der Waals surface area contributed by atoms with E-state index >= 15 is 0 Å². The van der Waals surface area contributed by atoms with Gasteiger partial charge in [0.25, 0.3) is 0 Å². The van der Waals surface area contributed by atoms with Crippen molar-refractivity contribution < 1.29 is 0 Å². The summed E-state index contributed by atoms with van der Waals surface area (Å²) in [5.41, 5.74) is 4.70. The third-order valence-corrected chi connectivity index (χ3v) is 3.98. The molecule has 1 aliphatic heterocycles. The SMILES string of the molecule is Cc1ccc(C(C)C)cc1C1CNC1(C)C. The van der Waals surface area contributed by atoms with Gasteiger partial charge in [-0.3, -0.25) is 0 Å². The van der Waals surface area contributed by atoms with Gasteiger partial charge in [-0.1, -0.05) is 32.0 Å². The molecule has 0 amide bonds. The van der Waals surface area contributed by atoms with Crippen molar-refractivity contribution in [1.82, 2.24) is 5.32 Å². The Morgan fingerprint density at radius 3 is 2.44 bits per heavy atom. The highest BCUT2D eigenvalue weighted by Crippen LogP contribution is 2.37. The maximum atomic E-state index is 3.51. The van der Waals surface area contributed by atoms with Gasteiger partial charge in [-0.05, 0) is 43.4 Å². The molecule has 1 aromatic carbocycles. The van der Waals surface area contributed by atoms with Crippen LogP contribution in [0.2, 0.25) is 0 Å². The monoisotopic (exact) mass is 217 g/mol. The molecule has 0 spiro atoms. The van der Waals surface area contributed by atoms with Crippen molar-refractivity contribution in [3.8, 4) is 0 Å². The van der Waals surface area contributed by atoms with Crippen LogP contribution in [0.15, 0.2) is 18.2 Å². The molecule has 1 aliphatic rings. The van der Waals surface area contributed by atoms with Gasteiger partial charge in [0.1, 0.15) is 0 Å². The topological polar surface area (TPSA) is 12.0 Å². The fourth-order valence-electron chi connectivity index (χ4n) is 2.50. The van der Waals surface area contributed by atoms with Gasteiger partial charge in [0.15, 0.2) is 0 Å². The Morgan fingerprint density at radius 1 is 1.31 bits per heavy atom. The Labute approximate surface area is 99.3 Å². The van der Waals surface area contributed by atoms with E-state index in [0.29, 0.717) is 11.8 Å². The van der Waals surface area contributed by atoms with Crippen LogP contribution >= 0.6 is 0 Å². The van der Waals surface area contributed by atoms with Crippen LogP contribution in [0.25, 0.3) is 0 Å². The Hall–Kier alpha value is -0.820. The van der Waals surface area contributed by atoms with E-state index in [2.05, 4.69) is 58.1 Å². The molecule has 1 unspecified atom stereocenters. The zero-order valence-corrected chi connectivity index (χ0v) is 11.1. The molecule has 1 nitrogen and oxygen atoms in total. The lowest BCUT2D eigenvalue weighted by Gasteiger charge is -2.47. The first kappa shape index (κ1) is 11.7. The van der Waals surface area contributed by atoms with Crippen LogP contribution in [-0.2, 0) is 0 Å². The van der Waals surface area contributed by atoms with Crippen LogP contribution in [-0.4, -0.2) is 12.1 Å². The average molecular weight is 217 g/mol. The maximum absolute atomic E-state index is 3.51. The van der Waals surface area contributed by atoms with E-state index in [1.54, 1.807) is 0 Å². The van der Waals surface area contributed by atoms with Gasteiger partial charge in [0.2, 0.25) is 0 Å². The zero-order chi connectivity index (χ0) is 11.9. The Kier molecular flexibility index (Phi) is 2.83. The summed E-state index contributed by atoms with van der Waals surface area (Å²) in [6.45, 7) is 12.5. The normalized spacial score (nSPS) is 23.2. The molecule has 0 aromatic heterocycles. The van der Waals surface area contributed by atoms with Gasteiger partial charge in [0.05, 0.1) is 0 Å². The number of rotatable bonds is 2. The van der Waals surface area contributed by atoms with Gasteiger partial charge in [-0.25, -0.2) is 0 Å². The zero-order valence-electron chi connectivity index (χ0n) is 11.1. The van der Waals surface area contributed by atoms with Gasteiger partial charge in [-0.2, -0.15) is 0 Å². The van der Waals surface area contributed by atoms with Crippen molar-refractivity contribution in [3.63, 3.8) is 0 Å². The highest BCUT2D eigenvalue weighted by molar-refractivity contribution is 5.38. The van der Waals surface area contributed by atoms with Gasteiger partial charge in [-0.15, -0.1) is 0 Å². The van der Waals surface area contributed by atoms with Crippen LogP contribution < -0.4 is 5.32 Å². The average Bonchev–Trinajstić information content (AvgIpc) is 2.19. The number of benzene rings is 1. The van der Waals surface area contributed by atoms with Crippen LogP contribution in [0.5, 0.6) is 0 Å². The molecule has 1 N–H and O–H groups in total. The lowest BCUT2D eigenvalue weighted by atomic mass is 9.73. The van der Waals surface area contributed by atoms with Crippen molar-refractivity contribution >= 4 is 0 Å². The molecule has 0 aliphatic carbocycles. The van der Waals surface area contributed by atoms with Crippen molar-refractivity contribution in [2.24, 2.45) is 0 Å². The van der Waals surface area contributed by atoms with Crippen molar-refractivity contribution in [2.45, 2.75) is 52.0 Å². The van der Waals surface area contributed by atoms with Crippen LogP contribution in [0.3, 0.4) is 0 Å². The fourth-order valence-corrected chi connectivity index (χ4v) is 2.50. The third-order valence-electron chi connectivity index (χ3n) is 3.98. The van der Waals surface area contributed by atoms with E-state index in [-0.39, 0.29) is 5.54 Å². The minimum absolute atomic E-state index is 0.264. The summed E-state index contributed by atoms with van der Waals surface area (Å²) in [4.78, 5) is 0. The molecular formula is C15H23N. The summed E-state index contributed by atoms with van der Waals surface area (Å²) in [6.07, 6.45) is 0. The highest BCUT2D eigenvalue weighted by atomic mass is 15.1. The minimum Gasteiger partial charge on any atom is -0.310 e. The lowest BCUT2D eigenvalue weighted by Crippen LogP contribution is -2.59. The summed E-state index contributed by atoms with van der Waals surface area (Å²) in [7, 11) is 0. The molecule has 1 aromatic rings. The first-order chi connectivity index (χ1) is 7.42. The molecule has 1 heteroatoms. The van der Waals surface area contributed by atoms with E-state index in [9.17, 15) is 0 Å². The van der Waals surface area contributed by atoms with E-state index in [0.717, 1.165) is 6.54 Å². The molecule has 1 fully saturated rings.